The van der Waals surface area contributed by atoms with Crippen LogP contribution < -0.4 is 11.5 Å². The van der Waals surface area contributed by atoms with E-state index < -0.39 is 91.2 Å². The zero-order valence-corrected chi connectivity index (χ0v) is 14.1. The van der Waals surface area contributed by atoms with Gasteiger partial charge in [0.1, 0.15) is 22.5 Å². The van der Waals surface area contributed by atoms with Crippen LogP contribution >= 0.6 is 11.8 Å². The number of nitrogens with two attached hydrogens (primary N) is 2. The highest BCUT2D eigenvalue weighted by Gasteiger charge is 2.44. The SMILES string of the molecule is Nc1c(O)c(C(F)(F)F)c(F)c(Sc2c(F)c(N)c(O)c(C(F)(F)F)c2F)c1F. The van der Waals surface area contributed by atoms with Gasteiger partial charge in [0.15, 0.2) is 34.8 Å². The second kappa shape index (κ2) is 6.96. The highest BCUT2D eigenvalue weighted by atomic mass is 32.2. The lowest BCUT2D eigenvalue weighted by atomic mass is 10.1. The largest absolute Gasteiger partial charge is 0.505 e. The standard InChI is InChI=1S/C14H6F10N2O2S/c15-3-1(13(19,20)21)9(27)7(25)5(17)11(3)29-12-4(16)2(14(22,23)24)10(28)8(26)6(12)18/h27-28H,25-26H2. The average molecular weight is 456 g/mol. The third-order valence-electron chi connectivity index (χ3n) is 3.46. The van der Waals surface area contributed by atoms with Crippen molar-refractivity contribution in [1.29, 1.82) is 0 Å². The Morgan fingerprint density at radius 3 is 1.10 bits per heavy atom. The van der Waals surface area contributed by atoms with Crippen LogP contribution in [-0.4, -0.2) is 10.2 Å². The van der Waals surface area contributed by atoms with Crippen molar-refractivity contribution in [3.8, 4) is 11.5 Å². The van der Waals surface area contributed by atoms with Gasteiger partial charge in [0.2, 0.25) is 0 Å². The van der Waals surface area contributed by atoms with Gasteiger partial charge in [-0.15, -0.1) is 0 Å². The molecule has 2 aromatic carbocycles. The number of anilines is 2. The predicted octanol–water partition coefficient (Wildman–Crippen LogP) is 5.01. The van der Waals surface area contributed by atoms with Gasteiger partial charge in [0.25, 0.3) is 0 Å². The number of phenols is 2. The van der Waals surface area contributed by atoms with Crippen LogP contribution in [0.25, 0.3) is 0 Å². The van der Waals surface area contributed by atoms with E-state index >= 15 is 0 Å². The third-order valence-corrected chi connectivity index (χ3v) is 4.59. The summed E-state index contributed by atoms with van der Waals surface area (Å²) in [6, 6.07) is 0. The summed E-state index contributed by atoms with van der Waals surface area (Å²) in [4.78, 5) is -3.74. The second-order valence-corrected chi connectivity index (χ2v) is 6.31. The zero-order chi connectivity index (χ0) is 22.6. The van der Waals surface area contributed by atoms with E-state index in [2.05, 4.69) is 0 Å². The van der Waals surface area contributed by atoms with Crippen LogP contribution in [0.15, 0.2) is 9.79 Å². The average Bonchev–Trinajstić information content (AvgIpc) is 2.55. The fourth-order valence-electron chi connectivity index (χ4n) is 2.15. The van der Waals surface area contributed by atoms with Crippen LogP contribution in [0.4, 0.5) is 55.3 Å². The molecule has 160 valence electrons. The van der Waals surface area contributed by atoms with E-state index in [0.29, 0.717) is 0 Å². The maximum absolute atomic E-state index is 14.2. The monoisotopic (exact) mass is 456 g/mol. The molecule has 15 heteroatoms. The molecule has 0 heterocycles. The van der Waals surface area contributed by atoms with E-state index in [4.69, 9.17) is 11.5 Å². The van der Waals surface area contributed by atoms with Crippen molar-refractivity contribution in [3.05, 3.63) is 34.4 Å². The summed E-state index contributed by atoms with van der Waals surface area (Å²) < 4.78 is 134. The van der Waals surface area contributed by atoms with E-state index in [9.17, 15) is 54.1 Å². The van der Waals surface area contributed by atoms with Crippen molar-refractivity contribution in [2.24, 2.45) is 0 Å². The highest BCUT2D eigenvalue weighted by Crippen LogP contribution is 2.51. The number of hydrogen-bond donors (Lipinski definition) is 4. The quantitative estimate of drug-likeness (QED) is 0.290. The molecule has 0 radical (unpaired) electrons. The van der Waals surface area contributed by atoms with Crippen LogP contribution in [0.3, 0.4) is 0 Å². The molecule has 0 aliphatic carbocycles. The van der Waals surface area contributed by atoms with Crippen LogP contribution in [0.2, 0.25) is 0 Å². The lowest BCUT2D eigenvalue weighted by Gasteiger charge is -2.18. The molecule has 0 atom stereocenters. The van der Waals surface area contributed by atoms with Crippen molar-refractivity contribution < 1.29 is 54.1 Å². The number of benzene rings is 2. The van der Waals surface area contributed by atoms with E-state index in [0.717, 1.165) is 0 Å². The predicted molar refractivity (Wildman–Crippen MR) is 79.0 cm³/mol. The van der Waals surface area contributed by atoms with E-state index in [-0.39, 0.29) is 0 Å². The van der Waals surface area contributed by atoms with E-state index in [1.54, 1.807) is 0 Å². The molecular weight excluding hydrogens is 450 g/mol. The number of phenolic OH excluding ortho intramolecular Hbond substituents is 2. The first-order valence-electron chi connectivity index (χ1n) is 6.82. The first kappa shape index (κ1) is 22.6. The smallest absolute Gasteiger partial charge is 0.422 e. The van der Waals surface area contributed by atoms with Gasteiger partial charge in [0, 0.05) is 0 Å². The molecule has 0 aliphatic rings. The third kappa shape index (κ3) is 3.65. The van der Waals surface area contributed by atoms with Gasteiger partial charge in [0.05, 0.1) is 9.79 Å². The number of alkyl halides is 6. The number of rotatable bonds is 2. The molecule has 0 unspecified atom stereocenters. The van der Waals surface area contributed by atoms with Gasteiger partial charge in [-0.2, -0.15) is 26.3 Å². The minimum Gasteiger partial charge on any atom is -0.505 e. The Labute approximate surface area is 157 Å². The zero-order valence-electron chi connectivity index (χ0n) is 13.2. The summed E-state index contributed by atoms with van der Waals surface area (Å²) in [5.74, 6) is -13.6. The fourth-order valence-corrected chi connectivity index (χ4v) is 3.13. The van der Waals surface area contributed by atoms with Crippen LogP contribution in [-0.2, 0) is 12.4 Å². The molecule has 0 aliphatic heterocycles. The number of hydrogen-bond acceptors (Lipinski definition) is 5. The summed E-state index contributed by atoms with van der Waals surface area (Å²) in [5, 5.41) is 18.5. The number of halogens is 10. The van der Waals surface area contributed by atoms with Gasteiger partial charge in [-0.3, -0.25) is 0 Å². The summed E-state index contributed by atoms with van der Waals surface area (Å²) in [5.41, 5.74) is 1.41. The molecule has 6 N–H and O–H groups in total. The van der Waals surface area contributed by atoms with Crippen molar-refractivity contribution >= 4 is 23.1 Å². The molecule has 2 rings (SSSR count). The maximum atomic E-state index is 14.2. The van der Waals surface area contributed by atoms with Crippen molar-refractivity contribution in [2.45, 2.75) is 22.1 Å². The lowest BCUT2D eigenvalue weighted by Crippen LogP contribution is -2.14. The topological polar surface area (TPSA) is 92.5 Å². The van der Waals surface area contributed by atoms with Gasteiger partial charge in [-0.25, -0.2) is 17.6 Å². The van der Waals surface area contributed by atoms with Gasteiger partial charge in [-0.05, 0) is 0 Å². The van der Waals surface area contributed by atoms with Crippen molar-refractivity contribution in [3.63, 3.8) is 0 Å². The summed E-state index contributed by atoms with van der Waals surface area (Å²) in [6.45, 7) is 0. The molecule has 0 aromatic heterocycles. The molecule has 0 bridgehead atoms. The van der Waals surface area contributed by atoms with E-state index in [1.807, 2.05) is 0 Å². The number of aromatic hydroxyl groups is 2. The second-order valence-electron chi connectivity index (χ2n) is 5.29. The van der Waals surface area contributed by atoms with Crippen molar-refractivity contribution in [2.75, 3.05) is 11.5 Å². The van der Waals surface area contributed by atoms with Gasteiger partial charge in [-0.1, -0.05) is 11.8 Å². The minimum atomic E-state index is -5.66. The molecule has 4 nitrogen and oxygen atoms in total. The summed E-state index contributed by atoms with van der Waals surface area (Å²) >= 11 is -0.882. The molecule has 0 saturated heterocycles. The highest BCUT2D eigenvalue weighted by molar-refractivity contribution is 7.99. The normalized spacial score (nSPS) is 12.5. The Bertz CT molecular complexity index is 925. The lowest BCUT2D eigenvalue weighted by molar-refractivity contribution is -0.142. The fraction of sp³-hybridized carbons (Fsp3) is 0.143. The Hall–Kier alpha value is -2.71. The molecule has 0 amide bonds. The van der Waals surface area contributed by atoms with Gasteiger partial charge >= 0.3 is 12.4 Å². The summed E-state index contributed by atoms with van der Waals surface area (Å²) in [7, 11) is 0. The first-order chi connectivity index (χ1) is 13.0. The molecule has 2 aromatic rings. The molecule has 0 saturated carbocycles. The molecule has 29 heavy (non-hydrogen) atoms. The Morgan fingerprint density at radius 2 is 0.862 bits per heavy atom. The van der Waals surface area contributed by atoms with Crippen LogP contribution in [0, 0.1) is 23.3 Å². The molecule has 0 spiro atoms. The van der Waals surface area contributed by atoms with Crippen molar-refractivity contribution in [1.82, 2.24) is 0 Å². The maximum Gasteiger partial charge on any atom is 0.422 e. The van der Waals surface area contributed by atoms with E-state index in [1.165, 1.54) is 0 Å². The number of nitrogen functional groups attached to an aromatic ring is 2. The first-order valence-corrected chi connectivity index (χ1v) is 7.64. The van der Waals surface area contributed by atoms with Crippen LogP contribution in [0.5, 0.6) is 11.5 Å². The van der Waals surface area contributed by atoms with Gasteiger partial charge < -0.3 is 21.7 Å². The Balaban J connectivity index is 2.86. The molecular formula is C14H6F10N2O2S. The Morgan fingerprint density at radius 1 is 0.586 bits per heavy atom. The minimum absolute atomic E-state index is 0.882. The van der Waals surface area contributed by atoms with Crippen LogP contribution in [0.1, 0.15) is 11.1 Å². The Kier molecular flexibility index (Phi) is 5.42. The summed E-state index contributed by atoms with van der Waals surface area (Å²) in [6.07, 6.45) is -11.3. The molecule has 0 fully saturated rings.